The van der Waals surface area contributed by atoms with Gasteiger partial charge in [-0.1, -0.05) is 58.0 Å². The smallest absolute Gasteiger partial charge is 0.335 e. The van der Waals surface area contributed by atoms with E-state index in [0.717, 1.165) is 11.1 Å². The Labute approximate surface area is 155 Å². The highest BCUT2D eigenvalue weighted by Crippen LogP contribution is 2.45. The lowest BCUT2D eigenvalue weighted by molar-refractivity contribution is 0.0697. The third-order valence-corrected chi connectivity index (χ3v) is 5.53. The minimum absolute atomic E-state index is 0.199. The molecular formula is C24H26O2. The number of rotatable bonds is 3. The lowest BCUT2D eigenvalue weighted by atomic mass is 9.63. The molecule has 0 heterocycles. The number of carbonyl (C=O) groups is 1. The topological polar surface area (TPSA) is 37.3 Å². The van der Waals surface area contributed by atoms with Gasteiger partial charge in [-0.25, -0.2) is 4.79 Å². The van der Waals surface area contributed by atoms with E-state index in [1.807, 2.05) is 12.2 Å². The molecule has 0 saturated carbocycles. The van der Waals surface area contributed by atoms with Crippen molar-refractivity contribution in [2.24, 2.45) is 0 Å². The summed E-state index contributed by atoms with van der Waals surface area (Å²) in [5, 5.41) is 8.94. The van der Waals surface area contributed by atoms with E-state index in [9.17, 15) is 4.79 Å². The second-order valence-electron chi connectivity index (χ2n) is 8.46. The molecule has 1 aliphatic carbocycles. The van der Waals surface area contributed by atoms with E-state index in [2.05, 4.69) is 51.6 Å². The second kappa shape index (κ2) is 6.63. The first-order valence-corrected chi connectivity index (χ1v) is 9.10. The molecule has 2 aromatic carbocycles. The van der Waals surface area contributed by atoms with Crippen LogP contribution in [0.2, 0.25) is 0 Å². The van der Waals surface area contributed by atoms with Crippen molar-refractivity contribution < 1.29 is 9.90 Å². The molecule has 0 atom stereocenters. The van der Waals surface area contributed by atoms with E-state index < -0.39 is 5.97 Å². The highest BCUT2D eigenvalue weighted by atomic mass is 16.4. The summed E-state index contributed by atoms with van der Waals surface area (Å²) in [4.78, 5) is 10.9. The van der Waals surface area contributed by atoms with Gasteiger partial charge in [0.2, 0.25) is 0 Å². The summed E-state index contributed by atoms with van der Waals surface area (Å²) in [6.07, 6.45) is 6.28. The number of aromatic carboxylic acids is 1. The molecule has 0 unspecified atom stereocenters. The van der Waals surface area contributed by atoms with Crippen LogP contribution in [0.4, 0.5) is 0 Å². The molecule has 0 aliphatic heterocycles. The van der Waals surface area contributed by atoms with Crippen LogP contribution in [-0.4, -0.2) is 11.1 Å². The first-order valence-electron chi connectivity index (χ1n) is 9.10. The monoisotopic (exact) mass is 346 g/mol. The molecule has 0 spiro atoms. The van der Waals surface area contributed by atoms with Crippen molar-refractivity contribution in [1.82, 2.24) is 0 Å². The van der Waals surface area contributed by atoms with Gasteiger partial charge in [-0.2, -0.15) is 0 Å². The summed E-state index contributed by atoms with van der Waals surface area (Å²) in [6.45, 7) is 9.32. The van der Waals surface area contributed by atoms with Gasteiger partial charge in [0.1, 0.15) is 0 Å². The summed E-state index contributed by atoms with van der Waals surface area (Å²) in [5.41, 5.74) is 8.93. The maximum absolute atomic E-state index is 10.9. The molecule has 0 saturated heterocycles. The van der Waals surface area contributed by atoms with Gasteiger partial charge < -0.3 is 5.11 Å². The molecular weight excluding hydrogens is 320 g/mol. The summed E-state index contributed by atoms with van der Waals surface area (Å²) < 4.78 is 0. The van der Waals surface area contributed by atoms with Gasteiger partial charge in [0, 0.05) is 0 Å². The van der Waals surface area contributed by atoms with E-state index in [4.69, 9.17) is 5.11 Å². The van der Waals surface area contributed by atoms with Gasteiger partial charge in [-0.3, -0.25) is 0 Å². The van der Waals surface area contributed by atoms with E-state index in [-0.39, 0.29) is 10.8 Å². The first kappa shape index (κ1) is 18.2. The standard InChI is InChI=1S/C24H26O2/c1-23(2)14-15-24(3,4)21-16-18(10-13-20(21)23)7-5-6-17-8-11-19(12-9-17)22(25)26/h6-13,16H,14-15H2,1-4H3,(H,25,26). The highest BCUT2D eigenvalue weighted by Gasteiger charge is 2.36. The first-order chi connectivity index (χ1) is 12.2. The van der Waals surface area contributed by atoms with Crippen LogP contribution in [0.15, 0.2) is 48.2 Å². The van der Waals surface area contributed by atoms with Gasteiger partial charge >= 0.3 is 5.97 Å². The lowest BCUT2D eigenvalue weighted by Gasteiger charge is -2.42. The van der Waals surface area contributed by atoms with Gasteiger partial charge in [0.25, 0.3) is 0 Å². The van der Waals surface area contributed by atoms with Crippen LogP contribution in [-0.2, 0) is 10.8 Å². The second-order valence-corrected chi connectivity index (χ2v) is 8.46. The number of benzene rings is 2. The average Bonchev–Trinajstić information content (AvgIpc) is 2.59. The van der Waals surface area contributed by atoms with Crippen LogP contribution in [0.25, 0.3) is 12.2 Å². The minimum Gasteiger partial charge on any atom is -0.478 e. The molecule has 3 rings (SSSR count). The van der Waals surface area contributed by atoms with E-state index >= 15 is 0 Å². The van der Waals surface area contributed by atoms with Crippen molar-refractivity contribution in [3.05, 3.63) is 76.0 Å². The predicted octanol–water partition coefficient (Wildman–Crippen LogP) is 6.06. The van der Waals surface area contributed by atoms with E-state index in [1.165, 1.54) is 24.0 Å². The zero-order valence-corrected chi connectivity index (χ0v) is 16.0. The van der Waals surface area contributed by atoms with Crippen molar-refractivity contribution in [3.8, 4) is 0 Å². The number of fused-ring (bicyclic) bond motifs is 1. The minimum atomic E-state index is -0.907. The van der Waals surface area contributed by atoms with Crippen LogP contribution in [0.5, 0.6) is 0 Å². The molecule has 2 aromatic rings. The molecule has 1 aliphatic rings. The molecule has 0 aromatic heterocycles. The largest absolute Gasteiger partial charge is 0.478 e. The molecule has 0 fully saturated rings. The molecule has 0 amide bonds. The van der Waals surface area contributed by atoms with Crippen molar-refractivity contribution in [3.63, 3.8) is 0 Å². The van der Waals surface area contributed by atoms with E-state index in [1.54, 1.807) is 24.3 Å². The molecule has 134 valence electrons. The number of carboxylic acids is 1. The number of hydrogen-bond donors (Lipinski definition) is 1. The molecule has 26 heavy (non-hydrogen) atoms. The summed E-state index contributed by atoms with van der Waals surface area (Å²) in [5.74, 6) is -0.907. The fraction of sp³-hybridized carbons (Fsp3) is 0.333. The van der Waals surface area contributed by atoms with Crippen molar-refractivity contribution in [2.75, 3.05) is 0 Å². The maximum Gasteiger partial charge on any atom is 0.335 e. The molecule has 1 N–H and O–H groups in total. The van der Waals surface area contributed by atoms with Gasteiger partial charge in [0.15, 0.2) is 0 Å². The third kappa shape index (κ3) is 3.66. The Hall–Kier alpha value is -2.57. The summed E-state index contributed by atoms with van der Waals surface area (Å²) >= 11 is 0. The zero-order chi connectivity index (χ0) is 18.9. The Morgan fingerprint density at radius 2 is 1.42 bits per heavy atom. The molecule has 0 radical (unpaired) electrons. The highest BCUT2D eigenvalue weighted by molar-refractivity contribution is 5.87. The Bertz CT molecular complexity index is 892. The average molecular weight is 346 g/mol. The number of hydrogen-bond acceptors (Lipinski definition) is 1. The van der Waals surface area contributed by atoms with Crippen LogP contribution < -0.4 is 0 Å². The molecule has 2 heteroatoms. The third-order valence-electron chi connectivity index (χ3n) is 5.53. The van der Waals surface area contributed by atoms with Crippen LogP contribution in [0, 0.1) is 0 Å². The predicted molar refractivity (Wildman–Crippen MR) is 108 cm³/mol. The van der Waals surface area contributed by atoms with Crippen LogP contribution in [0.1, 0.15) is 73.1 Å². The van der Waals surface area contributed by atoms with Crippen molar-refractivity contribution >= 4 is 18.1 Å². The SMILES string of the molecule is CC1(C)CCC(C)(C)c2cc(C=C=Cc3ccc(C(=O)O)cc3)ccc21. The Morgan fingerprint density at radius 1 is 0.885 bits per heavy atom. The summed E-state index contributed by atoms with van der Waals surface area (Å²) in [6, 6.07) is 13.5. The van der Waals surface area contributed by atoms with Gasteiger partial charge in [-0.15, -0.1) is 5.73 Å². The number of carboxylic acid groups (broad SMARTS) is 1. The fourth-order valence-electron chi connectivity index (χ4n) is 3.65. The Kier molecular flexibility index (Phi) is 4.64. The normalized spacial score (nSPS) is 16.9. The van der Waals surface area contributed by atoms with Crippen LogP contribution >= 0.6 is 0 Å². The van der Waals surface area contributed by atoms with Crippen molar-refractivity contribution in [1.29, 1.82) is 0 Å². The van der Waals surface area contributed by atoms with Gasteiger partial charge in [0.05, 0.1) is 5.56 Å². The molecule has 0 bridgehead atoms. The Morgan fingerprint density at radius 3 is 2.04 bits per heavy atom. The fourth-order valence-corrected chi connectivity index (χ4v) is 3.65. The van der Waals surface area contributed by atoms with Gasteiger partial charge in [-0.05, 0) is 70.2 Å². The Balaban J connectivity index is 1.89. The van der Waals surface area contributed by atoms with Crippen LogP contribution in [0.3, 0.4) is 0 Å². The van der Waals surface area contributed by atoms with E-state index in [0.29, 0.717) is 5.56 Å². The lowest BCUT2D eigenvalue weighted by Crippen LogP contribution is -2.33. The van der Waals surface area contributed by atoms with Crippen molar-refractivity contribution in [2.45, 2.75) is 51.4 Å². The maximum atomic E-state index is 10.9. The zero-order valence-electron chi connectivity index (χ0n) is 16.0. The summed E-state index contributed by atoms with van der Waals surface area (Å²) in [7, 11) is 0. The quantitative estimate of drug-likeness (QED) is 0.686. The molecule has 2 nitrogen and oxygen atoms in total.